The third-order valence-corrected chi connectivity index (χ3v) is 3.81. The molecule has 0 unspecified atom stereocenters. The number of hydrogen-bond donors (Lipinski definition) is 1. The second kappa shape index (κ2) is 9.72. The molecule has 1 N–H and O–H groups in total. The quantitative estimate of drug-likeness (QED) is 0.670. The number of carbonyl (C=O) groups excluding carboxylic acids is 2. The van der Waals surface area contributed by atoms with Crippen molar-refractivity contribution in [1.82, 2.24) is 10.5 Å². The SMILES string of the molecule is COC[C@H](C)NC(=O)COC(=O)c1ccc(OCc2c(C)noc2C)cc1. The van der Waals surface area contributed by atoms with Gasteiger partial charge in [-0.1, -0.05) is 5.16 Å². The predicted octanol–water partition coefficient (Wildman–Crippen LogP) is 2.18. The lowest BCUT2D eigenvalue weighted by Crippen LogP contribution is -2.38. The summed E-state index contributed by atoms with van der Waals surface area (Å²) in [6.45, 7) is 5.83. The van der Waals surface area contributed by atoms with E-state index < -0.39 is 5.97 Å². The molecule has 0 aliphatic carbocycles. The monoisotopic (exact) mass is 376 g/mol. The molecule has 0 radical (unpaired) electrons. The summed E-state index contributed by atoms with van der Waals surface area (Å²) in [5.74, 6) is 0.345. The second-order valence-electron chi connectivity index (χ2n) is 6.12. The van der Waals surface area contributed by atoms with Gasteiger partial charge in [0.2, 0.25) is 0 Å². The summed E-state index contributed by atoms with van der Waals surface area (Å²) in [5, 5.41) is 6.53. The number of methoxy groups -OCH3 is 1. The van der Waals surface area contributed by atoms with Crippen molar-refractivity contribution in [2.45, 2.75) is 33.4 Å². The van der Waals surface area contributed by atoms with Crippen molar-refractivity contribution in [1.29, 1.82) is 0 Å². The molecule has 1 aromatic heterocycles. The lowest BCUT2D eigenvalue weighted by atomic mass is 10.2. The van der Waals surface area contributed by atoms with Crippen LogP contribution in [-0.2, 0) is 20.9 Å². The van der Waals surface area contributed by atoms with Gasteiger partial charge >= 0.3 is 5.97 Å². The van der Waals surface area contributed by atoms with Crippen LogP contribution < -0.4 is 10.1 Å². The molecule has 1 heterocycles. The van der Waals surface area contributed by atoms with Crippen LogP contribution in [0.25, 0.3) is 0 Å². The Morgan fingerprint density at radius 2 is 1.93 bits per heavy atom. The highest BCUT2D eigenvalue weighted by Gasteiger charge is 2.13. The van der Waals surface area contributed by atoms with E-state index in [0.717, 1.165) is 11.3 Å². The molecular formula is C19H24N2O6. The van der Waals surface area contributed by atoms with Crippen molar-refractivity contribution in [3.8, 4) is 5.75 Å². The standard InChI is InChI=1S/C19H24N2O6/c1-12(9-24-4)20-18(22)11-26-19(23)15-5-7-16(8-6-15)25-10-17-13(2)21-27-14(17)3/h5-8,12H,9-11H2,1-4H3,(H,20,22)/t12-/m0/s1. The van der Waals surface area contributed by atoms with Crippen LogP contribution in [0.1, 0.15) is 34.3 Å². The van der Waals surface area contributed by atoms with Gasteiger partial charge in [-0.3, -0.25) is 4.79 Å². The summed E-state index contributed by atoms with van der Waals surface area (Å²) in [6.07, 6.45) is 0. The van der Waals surface area contributed by atoms with E-state index in [4.69, 9.17) is 18.7 Å². The number of nitrogens with zero attached hydrogens (tertiary/aromatic N) is 1. The van der Waals surface area contributed by atoms with Gasteiger partial charge in [-0.15, -0.1) is 0 Å². The molecule has 0 saturated heterocycles. The average molecular weight is 376 g/mol. The van der Waals surface area contributed by atoms with Crippen LogP contribution in [0.3, 0.4) is 0 Å². The van der Waals surface area contributed by atoms with Gasteiger partial charge in [-0.25, -0.2) is 4.79 Å². The Morgan fingerprint density at radius 1 is 1.22 bits per heavy atom. The third-order valence-electron chi connectivity index (χ3n) is 3.81. The van der Waals surface area contributed by atoms with E-state index in [1.807, 2.05) is 13.8 Å². The minimum atomic E-state index is -0.582. The van der Waals surface area contributed by atoms with Crippen molar-refractivity contribution >= 4 is 11.9 Å². The number of esters is 1. The molecule has 8 heteroatoms. The highest BCUT2D eigenvalue weighted by atomic mass is 16.5. The number of aromatic nitrogens is 1. The fourth-order valence-corrected chi connectivity index (χ4v) is 2.37. The number of hydrogen-bond acceptors (Lipinski definition) is 7. The predicted molar refractivity (Wildman–Crippen MR) is 96.5 cm³/mol. The molecule has 0 spiro atoms. The molecule has 1 atom stereocenters. The molecule has 27 heavy (non-hydrogen) atoms. The Balaban J connectivity index is 1.82. The first kappa shape index (κ1) is 20.4. The first-order valence-corrected chi connectivity index (χ1v) is 8.50. The Hall–Kier alpha value is -2.87. The Morgan fingerprint density at radius 3 is 2.52 bits per heavy atom. The van der Waals surface area contributed by atoms with E-state index in [2.05, 4.69) is 10.5 Å². The Bertz CT molecular complexity index is 750. The normalized spacial score (nSPS) is 11.7. The van der Waals surface area contributed by atoms with Gasteiger partial charge in [-0.05, 0) is 45.0 Å². The van der Waals surface area contributed by atoms with Crippen LogP contribution in [0, 0.1) is 13.8 Å². The lowest BCUT2D eigenvalue weighted by molar-refractivity contribution is -0.125. The molecular weight excluding hydrogens is 352 g/mol. The van der Waals surface area contributed by atoms with Gasteiger partial charge in [0.15, 0.2) is 6.61 Å². The fraction of sp³-hybridized carbons (Fsp3) is 0.421. The maximum atomic E-state index is 12.0. The topological polar surface area (TPSA) is 99.9 Å². The van der Waals surface area contributed by atoms with E-state index in [-0.39, 0.29) is 18.6 Å². The maximum absolute atomic E-state index is 12.0. The maximum Gasteiger partial charge on any atom is 0.338 e. The highest BCUT2D eigenvalue weighted by molar-refractivity contribution is 5.91. The van der Waals surface area contributed by atoms with Gasteiger partial charge < -0.3 is 24.1 Å². The molecule has 0 aliphatic heterocycles. The number of rotatable bonds is 9. The average Bonchev–Trinajstić information content (AvgIpc) is 2.96. The molecule has 0 saturated carbocycles. The summed E-state index contributed by atoms with van der Waals surface area (Å²) in [6, 6.07) is 6.33. The smallest absolute Gasteiger partial charge is 0.338 e. The highest BCUT2D eigenvalue weighted by Crippen LogP contribution is 2.18. The van der Waals surface area contributed by atoms with E-state index in [1.54, 1.807) is 38.3 Å². The third kappa shape index (κ3) is 6.10. The molecule has 146 valence electrons. The van der Waals surface area contributed by atoms with Crippen molar-refractivity contribution < 1.29 is 28.3 Å². The number of carbonyl (C=O) groups is 2. The molecule has 1 amide bonds. The summed E-state index contributed by atoms with van der Waals surface area (Å²) in [7, 11) is 1.55. The molecule has 2 aromatic rings. The Kier molecular flexibility index (Phi) is 7.36. The molecule has 0 fully saturated rings. The number of ether oxygens (including phenoxy) is 3. The van der Waals surface area contributed by atoms with Crippen molar-refractivity contribution in [3.05, 3.63) is 46.8 Å². The van der Waals surface area contributed by atoms with Gasteiger partial charge in [0.05, 0.1) is 23.4 Å². The molecule has 8 nitrogen and oxygen atoms in total. The molecule has 0 aliphatic rings. The molecule has 2 rings (SSSR count). The zero-order valence-corrected chi connectivity index (χ0v) is 15.9. The summed E-state index contributed by atoms with van der Waals surface area (Å²) in [5.41, 5.74) is 2.01. The summed E-state index contributed by atoms with van der Waals surface area (Å²) < 4.78 is 20.7. The van der Waals surface area contributed by atoms with Crippen LogP contribution in [-0.4, -0.2) is 43.4 Å². The van der Waals surface area contributed by atoms with Crippen LogP contribution in [0.2, 0.25) is 0 Å². The molecule has 0 bridgehead atoms. The van der Waals surface area contributed by atoms with Gasteiger partial charge in [0.25, 0.3) is 5.91 Å². The van der Waals surface area contributed by atoms with E-state index in [0.29, 0.717) is 30.3 Å². The lowest BCUT2D eigenvalue weighted by Gasteiger charge is -2.12. The zero-order valence-electron chi connectivity index (χ0n) is 15.9. The van der Waals surface area contributed by atoms with E-state index in [9.17, 15) is 9.59 Å². The zero-order chi connectivity index (χ0) is 19.8. The van der Waals surface area contributed by atoms with Crippen LogP contribution in [0.5, 0.6) is 5.75 Å². The summed E-state index contributed by atoms with van der Waals surface area (Å²) in [4.78, 5) is 23.7. The summed E-state index contributed by atoms with van der Waals surface area (Å²) >= 11 is 0. The first-order chi connectivity index (χ1) is 12.9. The van der Waals surface area contributed by atoms with Gasteiger partial charge in [-0.2, -0.15) is 0 Å². The minimum Gasteiger partial charge on any atom is -0.489 e. The van der Waals surface area contributed by atoms with Gasteiger partial charge in [0.1, 0.15) is 18.1 Å². The van der Waals surface area contributed by atoms with Crippen LogP contribution in [0.4, 0.5) is 0 Å². The number of benzene rings is 1. The van der Waals surface area contributed by atoms with E-state index in [1.165, 1.54) is 0 Å². The minimum absolute atomic E-state index is 0.157. The van der Waals surface area contributed by atoms with Crippen LogP contribution in [0.15, 0.2) is 28.8 Å². The first-order valence-electron chi connectivity index (χ1n) is 8.50. The Labute approximate surface area is 157 Å². The largest absolute Gasteiger partial charge is 0.489 e. The van der Waals surface area contributed by atoms with E-state index >= 15 is 0 Å². The van der Waals surface area contributed by atoms with Crippen molar-refractivity contribution in [2.24, 2.45) is 0 Å². The fourth-order valence-electron chi connectivity index (χ4n) is 2.37. The van der Waals surface area contributed by atoms with Crippen LogP contribution >= 0.6 is 0 Å². The van der Waals surface area contributed by atoms with Crippen molar-refractivity contribution in [2.75, 3.05) is 20.3 Å². The van der Waals surface area contributed by atoms with Gasteiger partial charge in [0, 0.05) is 13.2 Å². The number of amides is 1. The second-order valence-corrected chi connectivity index (χ2v) is 6.12. The molecule has 1 aromatic carbocycles. The number of aryl methyl sites for hydroxylation is 2. The number of nitrogens with one attached hydrogen (secondary N) is 1. The van der Waals surface area contributed by atoms with Crippen molar-refractivity contribution in [3.63, 3.8) is 0 Å².